The monoisotopic (exact) mass is 321 g/mol. The Morgan fingerprint density at radius 1 is 1.32 bits per heavy atom. The van der Waals surface area contributed by atoms with Gasteiger partial charge in [-0.2, -0.15) is 10.2 Å². The third-order valence-electron chi connectivity index (χ3n) is 4.51. The van der Waals surface area contributed by atoms with Gasteiger partial charge < -0.3 is 0 Å². The van der Waals surface area contributed by atoms with E-state index in [1.54, 1.807) is 4.68 Å². The second-order valence-electron chi connectivity index (χ2n) is 6.24. The Kier molecular flexibility index (Phi) is 4.28. The summed E-state index contributed by atoms with van der Waals surface area (Å²) in [7, 11) is 1.91. The minimum atomic E-state index is 0.467. The molecular formula is C16H24ClN5. The molecule has 0 radical (unpaired) electrons. The summed E-state index contributed by atoms with van der Waals surface area (Å²) < 4.78 is 3.96. The molecule has 1 aliphatic heterocycles. The summed E-state index contributed by atoms with van der Waals surface area (Å²) in [5.41, 5.74) is 4.64. The van der Waals surface area contributed by atoms with Gasteiger partial charge in [-0.05, 0) is 32.8 Å². The summed E-state index contributed by atoms with van der Waals surface area (Å²) in [5.74, 6) is 0. The van der Waals surface area contributed by atoms with Crippen LogP contribution in [0, 0.1) is 13.8 Å². The fraction of sp³-hybridized carbons (Fsp3) is 0.625. The van der Waals surface area contributed by atoms with Crippen LogP contribution < -0.4 is 0 Å². The number of nitrogens with zero attached hydrogens (tertiary/aromatic N) is 5. The Morgan fingerprint density at radius 3 is 2.73 bits per heavy atom. The molecule has 1 unspecified atom stereocenters. The summed E-state index contributed by atoms with van der Waals surface area (Å²) in [4.78, 5) is 2.46. The van der Waals surface area contributed by atoms with Crippen molar-refractivity contribution < 1.29 is 0 Å². The summed E-state index contributed by atoms with van der Waals surface area (Å²) in [6.07, 6.45) is 2.06. The Hall–Kier alpha value is -1.33. The number of hydrogen-bond acceptors (Lipinski definition) is 3. The Bertz CT molecular complexity index is 672. The topological polar surface area (TPSA) is 38.9 Å². The van der Waals surface area contributed by atoms with Crippen LogP contribution in [-0.2, 0) is 20.0 Å². The fourth-order valence-electron chi connectivity index (χ4n) is 3.44. The van der Waals surface area contributed by atoms with Crippen molar-refractivity contribution in [2.45, 2.75) is 46.2 Å². The second-order valence-corrected chi connectivity index (χ2v) is 6.60. The lowest BCUT2D eigenvalue weighted by atomic mass is 10.2. The van der Waals surface area contributed by atoms with Crippen LogP contribution in [0.15, 0.2) is 6.07 Å². The summed E-state index contributed by atoms with van der Waals surface area (Å²) >= 11 is 6.41. The molecule has 5 nitrogen and oxygen atoms in total. The smallest absolute Gasteiger partial charge is 0.131 e. The molecule has 0 aliphatic carbocycles. The van der Waals surface area contributed by atoms with Crippen LogP contribution in [0.5, 0.6) is 0 Å². The van der Waals surface area contributed by atoms with Crippen LogP contribution in [-0.4, -0.2) is 37.6 Å². The van der Waals surface area contributed by atoms with Gasteiger partial charge in [-0.15, -0.1) is 0 Å². The van der Waals surface area contributed by atoms with E-state index in [0.29, 0.717) is 6.04 Å². The molecule has 6 heteroatoms. The third-order valence-corrected chi connectivity index (χ3v) is 4.98. The van der Waals surface area contributed by atoms with E-state index < -0.39 is 0 Å². The molecule has 1 saturated heterocycles. The van der Waals surface area contributed by atoms with Gasteiger partial charge in [0.1, 0.15) is 5.15 Å². The minimum absolute atomic E-state index is 0.467. The van der Waals surface area contributed by atoms with Crippen LogP contribution in [0.4, 0.5) is 0 Å². The summed E-state index contributed by atoms with van der Waals surface area (Å²) in [6.45, 7) is 9.30. The van der Waals surface area contributed by atoms with Crippen molar-refractivity contribution in [1.29, 1.82) is 0 Å². The molecule has 1 aliphatic rings. The Balaban J connectivity index is 1.73. The van der Waals surface area contributed by atoms with Gasteiger partial charge in [0.15, 0.2) is 0 Å². The maximum Gasteiger partial charge on any atom is 0.131 e. The molecule has 3 rings (SSSR count). The van der Waals surface area contributed by atoms with E-state index in [1.165, 1.54) is 11.3 Å². The lowest BCUT2D eigenvalue weighted by Gasteiger charge is -2.17. The van der Waals surface area contributed by atoms with Crippen molar-refractivity contribution in [2.24, 2.45) is 7.05 Å². The van der Waals surface area contributed by atoms with Crippen LogP contribution in [0.3, 0.4) is 0 Å². The van der Waals surface area contributed by atoms with Crippen LogP contribution in [0.1, 0.15) is 42.0 Å². The average molecular weight is 322 g/mol. The van der Waals surface area contributed by atoms with E-state index in [4.69, 9.17) is 11.6 Å². The first-order valence-electron chi connectivity index (χ1n) is 7.95. The van der Waals surface area contributed by atoms with Crippen LogP contribution >= 0.6 is 11.6 Å². The lowest BCUT2D eigenvalue weighted by molar-refractivity contribution is 0.309. The maximum atomic E-state index is 6.41. The largest absolute Gasteiger partial charge is 0.297 e. The molecular weight excluding hydrogens is 298 g/mol. The first kappa shape index (κ1) is 15.6. The number of halogens is 1. The van der Waals surface area contributed by atoms with Crippen LogP contribution in [0.25, 0.3) is 0 Å². The van der Waals surface area contributed by atoms with Crippen molar-refractivity contribution in [1.82, 2.24) is 24.5 Å². The summed E-state index contributed by atoms with van der Waals surface area (Å²) in [5, 5.41) is 9.91. The Labute approximate surface area is 136 Å². The predicted octanol–water partition coefficient (Wildman–Crippen LogP) is 2.90. The molecule has 0 saturated carbocycles. The molecule has 0 bridgehead atoms. The van der Waals surface area contributed by atoms with E-state index in [1.807, 2.05) is 7.05 Å². The third kappa shape index (κ3) is 2.79. The highest BCUT2D eigenvalue weighted by Crippen LogP contribution is 2.27. The van der Waals surface area contributed by atoms with E-state index in [-0.39, 0.29) is 0 Å². The molecule has 0 aromatic carbocycles. The lowest BCUT2D eigenvalue weighted by Crippen LogP contribution is -2.22. The van der Waals surface area contributed by atoms with Crippen molar-refractivity contribution in [3.8, 4) is 0 Å². The van der Waals surface area contributed by atoms with Gasteiger partial charge in [0.2, 0.25) is 0 Å². The van der Waals surface area contributed by atoms with E-state index in [0.717, 1.165) is 49.0 Å². The molecule has 2 aromatic rings. The molecule has 22 heavy (non-hydrogen) atoms. The number of aromatic nitrogens is 4. The number of hydrogen-bond donors (Lipinski definition) is 0. The summed E-state index contributed by atoms with van der Waals surface area (Å²) in [6, 6.07) is 2.62. The standard InChI is InChI=1S/C16H24ClN5/c1-5-15-14(16(17)20(4)19-15)10-21-7-6-13(9-21)22-12(3)8-11(2)18-22/h8,13H,5-7,9-10H2,1-4H3. The number of rotatable bonds is 4. The molecule has 0 spiro atoms. The van der Waals surface area contributed by atoms with Gasteiger partial charge in [-0.3, -0.25) is 14.3 Å². The van der Waals surface area contributed by atoms with E-state index in [9.17, 15) is 0 Å². The zero-order valence-corrected chi connectivity index (χ0v) is 14.6. The van der Waals surface area contributed by atoms with Crippen molar-refractivity contribution in [3.05, 3.63) is 33.9 Å². The Morgan fingerprint density at radius 2 is 2.09 bits per heavy atom. The zero-order chi connectivity index (χ0) is 15.9. The zero-order valence-electron chi connectivity index (χ0n) is 13.8. The highest BCUT2D eigenvalue weighted by atomic mass is 35.5. The normalized spacial score (nSPS) is 19.2. The SMILES string of the molecule is CCc1nn(C)c(Cl)c1CN1CCC(n2nc(C)cc2C)C1. The molecule has 0 N–H and O–H groups in total. The van der Waals surface area contributed by atoms with Gasteiger partial charge in [0.25, 0.3) is 0 Å². The van der Waals surface area contributed by atoms with Gasteiger partial charge >= 0.3 is 0 Å². The highest BCUT2D eigenvalue weighted by Gasteiger charge is 2.27. The average Bonchev–Trinajstić information content (AvgIpc) is 3.13. The molecule has 0 amide bonds. The first-order valence-corrected chi connectivity index (χ1v) is 8.32. The number of likely N-dealkylation sites (tertiary alicyclic amines) is 1. The highest BCUT2D eigenvalue weighted by molar-refractivity contribution is 6.30. The van der Waals surface area contributed by atoms with Gasteiger partial charge in [0.05, 0.1) is 17.4 Å². The van der Waals surface area contributed by atoms with Crippen molar-refractivity contribution in [2.75, 3.05) is 13.1 Å². The van der Waals surface area contributed by atoms with Gasteiger partial charge in [-0.25, -0.2) is 0 Å². The van der Waals surface area contributed by atoms with Gasteiger partial charge in [0, 0.05) is 37.9 Å². The molecule has 2 aromatic heterocycles. The minimum Gasteiger partial charge on any atom is -0.297 e. The van der Waals surface area contributed by atoms with Gasteiger partial charge in [-0.1, -0.05) is 18.5 Å². The number of aryl methyl sites for hydroxylation is 4. The quantitative estimate of drug-likeness (QED) is 0.869. The van der Waals surface area contributed by atoms with E-state index in [2.05, 4.69) is 46.6 Å². The molecule has 3 heterocycles. The van der Waals surface area contributed by atoms with Crippen molar-refractivity contribution in [3.63, 3.8) is 0 Å². The first-order chi connectivity index (χ1) is 10.5. The van der Waals surface area contributed by atoms with E-state index >= 15 is 0 Å². The maximum absolute atomic E-state index is 6.41. The molecule has 1 atom stereocenters. The van der Waals surface area contributed by atoms with Crippen LogP contribution in [0.2, 0.25) is 5.15 Å². The predicted molar refractivity (Wildman–Crippen MR) is 88.2 cm³/mol. The molecule has 1 fully saturated rings. The fourth-order valence-corrected chi connectivity index (χ4v) is 3.64. The molecule has 120 valence electrons. The van der Waals surface area contributed by atoms with Crippen molar-refractivity contribution >= 4 is 11.6 Å². The second kappa shape index (κ2) is 6.05.